The Hall–Kier alpha value is -1.68. The molecule has 4 nitrogen and oxygen atoms in total. The molecule has 4 heteroatoms. The maximum Gasteiger partial charge on any atom is 0.223 e. The number of nitrogens with one attached hydrogen (secondary N) is 1. The fourth-order valence-electron chi connectivity index (χ4n) is 2.96. The quantitative estimate of drug-likeness (QED) is 0.900. The number of rotatable bonds is 3. The van der Waals surface area contributed by atoms with Crippen LogP contribution in [0.5, 0.6) is 0 Å². The Morgan fingerprint density at radius 3 is 2.80 bits per heavy atom. The zero-order valence-corrected chi connectivity index (χ0v) is 12.0. The van der Waals surface area contributed by atoms with E-state index < -0.39 is 0 Å². The molecule has 20 heavy (non-hydrogen) atoms. The third kappa shape index (κ3) is 2.61. The summed E-state index contributed by atoms with van der Waals surface area (Å²) in [5.74, 6) is 1.50. The van der Waals surface area contributed by atoms with Crippen molar-refractivity contribution >= 4 is 16.9 Å². The molecule has 0 atom stereocenters. The van der Waals surface area contributed by atoms with Gasteiger partial charge in [-0.15, -0.1) is 0 Å². The number of hydrogen-bond acceptors (Lipinski definition) is 4. The molecule has 1 aromatic carbocycles. The summed E-state index contributed by atoms with van der Waals surface area (Å²) in [6.07, 6.45) is 6.51. The molecule has 0 radical (unpaired) electrons. The number of fused-ring (bicyclic) bond motifs is 1. The Morgan fingerprint density at radius 2 is 2.05 bits per heavy atom. The Balaban J connectivity index is 1.83. The topological polar surface area (TPSA) is 63.8 Å². The van der Waals surface area contributed by atoms with E-state index in [-0.39, 0.29) is 5.54 Å². The first kappa shape index (κ1) is 13.3. The van der Waals surface area contributed by atoms with Crippen LogP contribution in [0.4, 0.5) is 5.95 Å². The van der Waals surface area contributed by atoms with Crippen molar-refractivity contribution < 1.29 is 0 Å². The lowest BCUT2D eigenvalue weighted by Gasteiger charge is -2.39. The predicted molar refractivity (Wildman–Crippen MR) is 82.6 cm³/mol. The molecule has 0 amide bonds. The first-order valence-electron chi connectivity index (χ1n) is 7.41. The van der Waals surface area contributed by atoms with Crippen molar-refractivity contribution in [2.24, 2.45) is 11.7 Å². The SMILES string of the molecule is CC1CCC(CN)(Nc2ncc3ccccc3n2)CC1. The average molecular weight is 270 g/mol. The summed E-state index contributed by atoms with van der Waals surface area (Å²) in [7, 11) is 0. The summed E-state index contributed by atoms with van der Waals surface area (Å²) in [5.41, 5.74) is 6.97. The maximum absolute atomic E-state index is 6.03. The summed E-state index contributed by atoms with van der Waals surface area (Å²) in [5, 5.41) is 4.58. The van der Waals surface area contributed by atoms with Crippen LogP contribution in [0.25, 0.3) is 10.9 Å². The highest BCUT2D eigenvalue weighted by atomic mass is 15.1. The predicted octanol–water partition coefficient (Wildman–Crippen LogP) is 2.95. The standard InChI is InChI=1S/C16H22N4/c1-12-6-8-16(11-17,9-7-12)20-15-18-10-13-4-2-3-5-14(13)19-15/h2-5,10,12H,6-9,11,17H2,1H3,(H,18,19,20). The molecule has 0 saturated heterocycles. The number of nitrogens with two attached hydrogens (primary N) is 1. The van der Waals surface area contributed by atoms with E-state index >= 15 is 0 Å². The third-order valence-corrected chi connectivity index (χ3v) is 4.49. The van der Waals surface area contributed by atoms with Gasteiger partial charge in [0.1, 0.15) is 0 Å². The maximum atomic E-state index is 6.03. The first-order chi connectivity index (χ1) is 9.71. The van der Waals surface area contributed by atoms with Crippen LogP contribution in [0.2, 0.25) is 0 Å². The van der Waals surface area contributed by atoms with Crippen LogP contribution in [0.1, 0.15) is 32.6 Å². The fraction of sp³-hybridized carbons (Fsp3) is 0.500. The minimum Gasteiger partial charge on any atom is -0.347 e. The van der Waals surface area contributed by atoms with Gasteiger partial charge in [0.15, 0.2) is 0 Å². The second kappa shape index (κ2) is 5.37. The van der Waals surface area contributed by atoms with E-state index in [1.165, 1.54) is 12.8 Å². The van der Waals surface area contributed by atoms with Crippen LogP contribution >= 0.6 is 0 Å². The van der Waals surface area contributed by atoms with Gasteiger partial charge in [-0.25, -0.2) is 9.97 Å². The van der Waals surface area contributed by atoms with Gasteiger partial charge in [-0.2, -0.15) is 0 Å². The van der Waals surface area contributed by atoms with Crippen molar-refractivity contribution in [2.75, 3.05) is 11.9 Å². The fourth-order valence-corrected chi connectivity index (χ4v) is 2.96. The van der Waals surface area contributed by atoms with Gasteiger partial charge in [0.2, 0.25) is 5.95 Å². The normalized spacial score (nSPS) is 26.6. The molecule has 2 aromatic rings. The van der Waals surface area contributed by atoms with Gasteiger partial charge in [-0.1, -0.05) is 25.1 Å². The Kier molecular flexibility index (Phi) is 3.57. The molecule has 1 aliphatic rings. The number of hydrogen-bond donors (Lipinski definition) is 2. The van der Waals surface area contributed by atoms with Crippen LogP contribution in [0, 0.1) is 5.92 Å². The highest BCUT2D eigenvalue weighted by Gasteiger charge is 2.33. The minimum absolute atomic E-state index is 0.0328. The lowest BCUT2D eigenvalue weighted by atomic mass is 9.77. The van der Waals surface area contributed by atoms with Gasteiger partial charge in [-0.3, -0.25) is 0 Å². The Labute approximate surface area is 119 Å². The monoisotopic (exact) mass is 270 g/mol. The highest BCUT2D eigenvalue weighted by Crippen LogP contribution is 2.33. The molecule has 0 unspecified atom stereocenters. The lowest BCUT2D eigenvalue weighted by Crippen LogP contribution is -2.48. The van der Waals surface area contributed by atoms with E-state index in [0.29, 0.717) is 12.5 Å². The van der Waals surface area contributed by atoms with Crippen molar-refractivity contribution in [3.05, 3.63) is 30.5 Å². The van der Waals surface area contributed by atoms with Crippen LogP contribution in [-0.4, -0.2) is 22.1 Å². The van der Waals surface area contributed by atoms with Crippen molar-refractivity contribution in [2.45, 2.75) is 38.1 Å². The Bertz CT molecular complexity index is 588. The van der Waals surface area contributed by atoms with Crippen molar-refractivity contribution in [3.8, 4) is 0 Å². The van der Waals surface area contributed by atoms with Crippen LogP contribution in [-0.2, 0) is 0 Å². The molecule has 1 saturated carbocycles. The zero-order valence-electron chi connectivity index (χ0n) is 12.0. The molecule has 1 heterocycles. The third-order valence-electron chi connectivity index (χ3n) is 4.49. The molecule has 1 aliphatic carbocycles. The largest absolute Gasteiger partial charge is 0.347 e. The number of para-hydroxylation sites is 1. The van der Waals surface area contributed by atoms with E-state index in [4.69, 9.17) is 5.73 Å². The molecule has 0 bridgehead atoms. The molecule has 3 rings (SSSR count). The molecule has 1 aromatic heterocycles. The summed E-state index contributed by atoms with van der Waals surface area (Å²) in [6.45, 7) is 2.95. The van der Waals surface area contributed by atoms with E-state index in [2.05, 4.69) is 22.2 Å². The van der Waals surface area contributed by atoms with Gasteiger partial charge in [0, 0.05) is 18.1 Å². The number of nitrogens with zero attached hydrogens (tertiary/aromatic N) is 2. The summed E-state index contributed by atoms with van der Waals surface area (Å²) >= 11 is 0. The van der Waals surface area contributed by atoms with Crippen LogP contribution < -0.4 is 11.1 Å². The van der Waals surface area contributed by atoms with Crippen molar-refractivity contribution in [1.29, 1.82) is 0 Å². The second-order valence-electron chi connectivity index (χ2n) is 6.04. The molecule has 0 spiro atoms. The van der Waals surface area contributed by atoms with Gasteiger partial charge in [-0.05, 0) is 37.7 Å². The number of aromatic nitrogens is 2. The second-order valence-corrected chi connectivity index (χ2v) is 6.04. The van der Waals surface area contributed by atoms with Crippen LogP contribution in [0.3, 0.4) is 0 Å². The zero-order chi connectivity index (χ0) is 14.0. The van der Waals surface area contributed by atoms with E-state index in [1.807, 2.05) is 30.5 Å². The lowest BCUT2D eigenvalue weighted by molar-refractivity contribution is 0.270. The first-order valence-corrected chi connectivity index (χ1v) is 7.41. The summed E-state index contributed by atoms with van der Waals surface area (Å²) in [6, 6.07) is 8.04. The number of anilines is 1. The van der Waals surface area contributed by atoms with Gasteiger partial charge in [0.25, 0.3) is 0 Å². The van der Waals surface area contributed by atoms with E-state index in [1.54, 1.807) is 0 Å². The molecule has 106 valence electrons. The average Bonchev–Trinajstić information content (AvgIpc) is 2.50. The van der Waals surface area contributed by atoms with E-state index in [0.717, 1.165) is 29.7 Å². The molecular weight excluding hydrogens is 248 g/mol. The van der Waals surface area contributed by atoms with Gasteiger partial charge in [0.05, 0.1) is 11.1 Å². The smallest absolute Gasteiger partial charge is 0.223 e. The molecule has 0 aliphatic heterocycles. The molecule has 1 fully saturated rings. The van der Waals surface area contributed by atoms with Gasteiger partial charge >= 0.3 is 0 Å². The van der Waals surface area contributed by atoms with Crippen molar-refractivity contribution in [1.82, 2.24) is 9.97 Å². The number of benzene rings is 1. The van der Waals surface area contributed by atoms with Crippen molar-refractivity contribution in [3.63, 3.8) is 0 Å². The highest BCUT2D eigenvalue weighted by molar-refractivity contribution is 5.78. The summed E-state index contributed by atoms with van der Waals surface area (Å²) in [4.78, 5) is 9.04. The molecular formula is C16H22N4. The summed E-state index contributed by atoms with van der Waals surface area (Å²) < 4.78 is 0. The Morgan fingerprint density at radius 1 is 1.30 bits per heavy atom. The molecule has 3 N–H and O–H groups in total. The van der Waals surface area contributed by atoms with Crippen LogP contribution in [0.15, 0.2) is 30.5 Å². The van der Waals surface area contributed by atoms with E-state index in [9.17, 15) is 0 Å². The minimum atomic E-state index is -0.0328. The van der Waals surface area contributed by atoms with Gasteiger partial charge < -0.3 is 11.1 Å².